The summed E-state index contributed by atoms with van der Waals surface area (Å²) in [5.74, 6) is -0.807. The number of hydrogen-bond acceptors (Lipinski definition) is 9. The lowest BCUT2D eigenvalue weighted by atomic mass is 9.83. The summed E-state index contributed by atoms with van der Waals surface area (Å²) in [5, 5.41) is 2.87. The Morgan fingerprint density at radius 1 is 1.08 bits per heavy atom. The molecule has 1 aliphatic carbocycles. The zero-order valence-electron chi connectivity index (χ0n) is 28.7. The van der Waals surface area contributed by atoms with Gasteiger partial charge in [-0.1, -0.05) is 0 Å². The second kappa shape index (κ2) is 13.2. The molecule has 15 heteroatoms. The van der Waals surface area contributed by atoms with E-state index in [4.69, 9.17) is 15.5 Å². The average molecular weight is 709 g/mol. The zero-order chi connectivity index (χ0) is 36.2. The summed E-state index contributed by atoms with van der Waals surface area (Å²) >= 11 is 0. The van der Waals surface area contributed by atoms with Crippen LogP contribution in [-0.4, -0.2) is 81.9 Å². The molecule has 2 atom stereocenters. The van der Waals surface area contributed by atoms with E-state index in [1.165, 1.54) is 12.1 Å². The van der Waals surface area contributed by atoms with Gasteiger partial charge in [0.2, 0.25) is 5.91 Å². The van der Waals surface area contributed by atoms with E-state index in [2.05, 4.69) is 30.1 Å². The fourth-order valence-corrected chi connectivity index (χ4v) is 7.64. The number of anilines is 1. The van der Waals surface area contributed by atoms with Crippen LogP contribution in [0.1, 0.15) is 78.3 Å². The number of carbonyl (C=O) groups is 2. The molecule has 2 saturated heterocycles. The van der Waals surface area contributed by atoms with E-state index >= 15 is 4.39 Å². The molecule has 5 heterocycles. The number of primary amides is 1. The first kappa shape index (κ1) is 34.9. The first-order valence-electron chi connectivity index (χ1n) is 17.2. The summed E-state index contributed by atoms with van der Waals surface area (Å²) in [6, 6.07) is 5.47. The third-order valence-corrected chi connectivity index (χ3v) is 10.3. The number of aromatic nitrogens is 3. The van der Waals surface area contributed by atoms with Gasteiger partial charge in [-0.25, -0.2) is 19.3 Å². The van der Waals surface area contributed by atoms with Crippen LogP contribution in [0.25, 0.3) is 11.1 Å². The Kier molecular flexibility index (Phi) is 9.07. The van der Waals surface area contributed by atoms with E-state index in [9.17, 15) is 22.8 Å². The van der Waals surface area contributed by atoms with Crippen LogP contribution < -0.4 is 16.0 Å². The predicted molar refractivity (Wildman–Crippen MR) is 181 cm³/mol. The van der Waals surface area contributed by atoms with Crippen LogP contribution in [0.2, 0.25) is 0 Å². The molecule has 11 nitrogen and oxygen atoms in total. The second-order valence-corrected chi connectivity index (χ2v) is 14.0. The molecule has 3 N–H and O–H groups in total. The molecule has 3 aliphatic heterocycles. The number of piperidine rings is 1. The number of amides is 2. The molecule has 270 valence electrons. The number of aliphatic imine (C=N–C) groups is 1. The molecule has 1 spiro atoms. The van der Waals surface area contributed by atoms with Crippen molar-refractivity contribution in [3.05, 3.63) is 69.8 Å². The van der Waals surface area contributed by atoms with E-state index in [-0.39, 0.29) is 35.9 Å². The maximum Gasteiger partial charge on any atom is 0.433 e. The number of hydrogen-bond donors (Lipinski definition) is 2. The number of benzene rings is 1. The number of nitrogens with two attached hydrogens (primary N) is 1. The van der Waals surface area contributed by atoms with Gasteiger partial charge in [0, 0.05) is 78.3 Å². The second-order valence-electron chi connectivity index (χ2n) is 14.0. The van der Waals surface area contributed by atoms with Gasteiger partial charge in [-0.15, -0.1) is 0 Å². The third kappa shape index (κ3) is 6.93. The maximum absolute atomic E-state index is 16.4. The number of amidine groups is 1. The summed E-state index contributed by atoms with van der Waals surface area (Å²) < 4.78 is 62.5. The number of morpholine rings is 1. The Labute approximate surface area is 292 Å². The number of aryl methyl sites for hydroxylation is 2. The van der Waals surface area contributed by atoms with Gasteiger partial charge in [-0.05, 0) is 69.9 Å². The summed E-state index contributed by atoms with van der Waals surface area (Å²) in [5.41, 5.74) is 7.63. The lowest BCUT2D eigenvalue weighted by Gasteiger charge is -2.43. The van der Waals surface area contributed by atoms with E-state index < -0.39 is 23.3 Å². The van der Waals surface area contributed by atoms with E-state index in [1.807, 2.05) is 13.0 Å². The number of rotatable bonds is 8. The number of nitrogens with zero attached hydrogens (tertiary/aromatic N) is 6. The fourth-order valence-electron chi connectivity index (χ4n) is 7.64. The van der Waals surface area contributed by atoms with Crippen LogP contribution in [-0.2, 0) is 33.5 Å². The minimum absolute atomic E-state index is 0.108. The Balaban J connectivity index is 1.23. The summed E-state index contributed by atoms with van der Waals surface area (Å²) in [7, 11) is 0. The molecular weight excluding hydrogens is 668 g/mol. The van der Waals surface area contributed by atoms with Gasteiger partial charge in [0.15, 0.2) is 0 Å². The van der Waals surface area contributed by atoms with Crippen molar-refractivity contribution in [1.82, 2.24) is 25.2 Å². The Morgan fingerprint density at radius 2 is 1.78 bits per heavy atom. The first-order chi connectivity index (χ1) is 24.2. The summed E-state index contributed by atoms with van der Waals surface area (Å²) in [6.45, 7) is 8.70. The van der Waals surface area contributed by atoms with Crippen molar-refractivity contribution in [3.63, 3.8) is 0 Å². The minimum Gasteiger partial charge on any atom is -0.379 e. The number of pyridine rings is 1. The predicted octanol–water partition coefficient (Wildman–Crippen LogP) is 4.35. The average Bonchev–Trinajstić information content (AvgIpc) is 3.86. The minimum atomic E-state index is -4.58. The van der Waals surface area contributed by atoms with Crippen molar-refractivity contribution in [3.8, 4) is 11.1 Å². The molecule has 1 aromatic carbocycles. The van der Waals surface area contributed by atoms with Gasteiger partial charge in [0.05, 0.1) is 25.3 Å². The molecule has 2 aromatic heterocycles. The van der Waals surface area contributed by atoms with E-state index in [0.717, 1.165) is 18.9 Å². The van der Waals surface area contributed by atoms with Crippen LogP contribution in [0.3, 0.4) is 0 Å². The molecule has 0 unspecified atom stereocenters. The highest BCUT2D eigenvalue weighted by atomic mass is 19.4. The van der Waals surface area contributed by atoms with Crippen LogP contribution in [0.5, 0.6) is 0 Å². The van der Waals surface area contributed by atoms with Crippen molar-refractivity contribution < 1.29 is 31.9 Å². The zero-order valence-corrected chi connectivity index (χ0v) is 28.7. The number of halogens is 4. The van der Waals surface area contributed by atoms with Crippen LogP contribution in [0.4, 0.5) is 23.2 Å². The highest BCUT2D eigenvalue weighted by molar-refractivity contribution is 6.16. The first-order valence-corrected chi connectivity index (χ1v) is 17.2. The summed E-state index contributed by atoms with van der Waals surface area (Å²) in [4.78, 5) is 47.3. The number of ether oxygens (including phenoxy) is 1. The van der Waals surface area contributed by atoms with E-state index in [0.29, 0.717) is 103 Å². The quantitative estimate of drug-likeness (QED) is 0.330. The molecule has 1 saturated carbocycles. The molecule has 2 amide bonds. The molecule has 0 bridgehead atoms. The highest BCUT2D eigenvalue weighted by Crippen LogP contribution is 2.44. The van der Waals surface area contributed by atoms with Gasteiger partial charge in [-0.3, -0.25) is 19.5 Å². The van der Waals surface area contributed by atoms with Crippen molar-refractivity contribution in [1.29, 1.82) is 0 Å². The lowest BCUT2D eigenvalue weighted by molar-refractivity contribution is -0.141. The Hall–Kier alpha value is -4.50. The molecule has 4 aliphatic rings. The van der Waals surface area contributed by atoms with Crippen molar-refractivity contribution in [2.24, 2.45) is 10.7 Å². The lowest BCUT2D eigenvalue weighted by Crippen LogP contribution is -2.53. The van der Waals surface area contributed by atoms with Gasteiger partial charge < -0.3 is 20.7 Å². The maximum atomic E-state index is 16.4. The molecule has 3 aromatic rings. The molecule has 7 rings (SSSR count). The Morgan fingerprint density at radius 3 is 2.41 bits per heavy atom. The van der Waals surface area contributed by atoms with Crippen molar-refractivity contribution in [2.75, 3.05) is 37.7 Å². The van der Waals surface area contributed by atoms with Crippen LogP contribution in [0, 0.1) is 19.7 Å². The van der Waals surface area contributed by atoms with Gasteiger partial charge >= 0.3 is 6.18 Å². The van der Waals surface area contributed by atoms with Gasteiger partial charge in [0.25, 0.3) is 5.91 Å². The largest absolute Gasteiger partial charge is 0.433 e. The van der Waals surface area contributed by atoms with Crippen molar-refractivity contribution >= 4 is 23.3 Å². The smallest absolute Gasteiger partial charge is 0.379 e. The van der Waals surface area contributed by atoms with E-state index in [1.54, 1.807) is 13.8 Å². The molecule has 3 fully saturated rings. The van der Waals surface area contributed by atoms with Gasteiger partial charge in [-0.2, -0.15) is 13.2 Å². The molecule has 51 heavy (non-hydrogen) atoms. The normalized spacial score (nSPS) is 22.7. The SMILES string of the molecule is Cc1nc(CC(N)=O)nc(C)c1-c1cc(F)c(CN2CCOCC2)c(N2CC[C@]3(C[C@@H]2C)N=C(c2ccc(C(F)(F)F)nc2C2CC2)NC3=O)c1. The monoisotopic (exact) mass is 708 g/mol. The molecule has 0 radical (unpaired) electrons. The van der Waals surface area contributed by atoms with Crippen molar-refractivity contribution in [2.45, 2.75) is 83.1 Å². The molecular formula is C36H40F4N8O3. The summed E-state index contributed by atoms with van der Waals surface area (Å²) in [6.07, 6.45) is -2.62. The fraction of sp³-hybridized carbons (Fsp3) is 0.500. The Bertz CT molecular complexity index is 1900. The number of carbonyl (C=O) groups excluding carboxylic acids is 2. The topological polar surface area (TPSA) is 139 Å². The van der Waals surface area contributed by atoms with Crippen LogP contribution in [0.15, 0.2) is 29.3 Å². The highest BCUT2D eigenvalue weighted by Gasteiger charge is 2.49. The van der Waals surface area contributed by atoms with Gasteiger partial charge in [0.1, 0.15) is 28.7 Å². The number of nitrogens with one attached hydrogen (secondary N) is 1. The number of alkyl halides is 3. The standard InChI is InChI=1S/C36H40F4N8O3/c1-19-17-35(34(50)45-33(46-35)24-6-7-28(36(38,39)40)44-32(24)22-4-5-22)8-9-48(19)27-15-23(14-26(37)25(27)18-47-10-12-51-13-11-47)31-20(2)42-30(16-29(41)49)43-21(31)3/h6-7,14-15,19,22H,4-5,8-13,16-18H2,1-3H3,(H2,41,49)(H,45,46,50)/t19-,35+/m0/s1. The third-order valence-electron chi connectivity index (χ3n) is 10.3. The van der Waals surface area contributed by atoms with Crippen LogP contribution >= 0.6 is 0 Å².